The zero-order chi connectivity index (χ0) is 14.3. The quantitative estimate of drug-likeness (QED) is 0.865. The Morgan fingerprint density at radius 1 is 1.26 bits per heavy atom. The molecular formula is C16H28N2S. The standard InChI is InChI=1S/C16H28N2S/c1-14(2,3)12-10-19-13(18-12)16(17-6)9-7-8-15(4,5)11-16/h10,17H,7-9,11H2,1-6H3. The summed E-state index contributed by atoms with van der Waals surface area (Å²) >= 11 is 1.83. The summed E-state index contributed by atoms with van der Waals surface area (Å²) in [6.07, 6.45) is 5.02. The summed E-state index contributed by atoms with van der Waals surface area (Å²) in [5, 5.41) is 7.13. The van der Waals surface area contributed by atoms with Gasteiger partial charge >= 0.3 is 0 Å². The van der Waals surface area contributed by atoms with Crippen LogP contribution < -0.4 is 5.32 Å². The van der Waals surface area contributed by atoms with Crippen LogP contribution in [0.5, 0.6) is 0 Å². The van der Waals surface area contributed by atoms with Crippen LogP contribution in [-0.4, -0.2) is 12.0 Å². The van der Waals surface area contributed by atoms with Crippen LogP contribution in [0.1, 0.15) is 71.0 Å². The first kappa shape index (κ1) is 15.0. The highest BCUT2D eigenvalue weighted by Crippen LogP contribution is 2.47. The molecule has 1 fully saturated rings. The molecule has 2 nitrogen and oxygen atoms in total. The molecule has 0 radical (unpaired) electrons. The van der Waals surface area contributed by atoms with Gasteiger partial charge in [-0.3, -0.25) is 0 Å². The van der Waals surface area contributed by atoms with Crippen molar-refractivity contribution in [1.29, 1.82) is 0 Å². The fourth-order valence-corrected chi connectivity index (χ4v) is 4.49. The molecule has 2 rings (SSSR count). The summed E-state index contributed by atoms with van der Waals surface area (Å²) in [6.45, 7) is 11.5. The van der Waals surface area contributed by atoms with Crippen LogP contribution in [-0.2, 0) is 11.0 Å². The second-order valence-corrected chi connectivity index (χ2v) is 8.67. The van der Waals surface area contributed by atoms with Gasteiger partial charge in [-0.05, 0) is 31.7 Å². The van der Waals surface area contributed by atoms with Gasteiger partial charge in [0, 0.05) is 10.8 Å². The second-order valence-electron chi connectivity index (χ2n) is 7.81. The molecule has 0 aromatic carbocycles. The van der Waals surface area contributed by atoms with E-state index in [0.29, 0.717) is 5.41 Å². The summed E-state index contributed by atoms with van der Waals surface area (Å²) < 4.78 is 0. The number of nitrogens with one attached hydrogen (secondary N) is 1. The van der Waals surface area contributed by atoms with Crippen LogP contribution in [0.25, 0.3) is 0 Å². The van der Waals surface area contributed by atoms with Gasteiger partial charge in [-0.15, -0.1) is 11.3 Å². The first-order chi connectivity index (χ1) is 8.69. The first-order valence-electron chi connectivity index (χ1n) is 7.34. The number of thiazole rings is 1. The van der Waals surface area contributed by atoms with Crippen molar-refractivity contribution in [2.45, 2.75) is 71.3 Å². The minimum absolute atomic E-state index is 0.0932. The van der Waals surface area contributed by atoms with E-state index < -0.39 is 0 Å². The summed E-state index contributed by atoms with van der Waals surface area (Å²) in [5.74, 6) is 0. The van der Waals surface area contributed by atoms with Gasteiger partial charge in [0.25, 0.3) is 0 Å². The van der Waals surface area contributed by atoms with Gasteiger partial charge in [-0.25, -0.2) is 4.98 Å². The number of nitrogens with zero attached hydrogens (tertiary/aromatic N) is 1. The molecule has 1 heterocycles. The molecule has 0 amide bonds. The molecule has 0 aliphatic heterocycles. The van der Waals surface area contributed by atoms with E-state index in [9.17, 15) is 0 Å². The van der Waals surface area contributed by atoms with Gasteiger partial charge in [0.05, 0.1) is 11.2 Å². The summed E-state index contributed by atoms with van der Waals surface area (Å²) in [7, 11) is 2.10. The third-order valence-electron chi connectivity index (χ3n) is 4.40. The molecule has 1 aromatic heterocycles. The predicted octanol–water partition coefficient (Wildman–Crippen LogP) is 4.46. The van der Waals surface area contributed by atoms with E-state index >= 15 is 0 Å². The molecule has 3 heteroatoms. The smallest absolute Gasteiger partial charge is 0.113 e. The van der Waals surface area contributed by atoms with Gasteiger partial charge in [-0.2, -0.15) is 0 Å². The maximum Gasteiger partial charge on any atom is 0.113 e. The molecule has 0 spiro atoms. The number of hydrogen-bond acceptors (Lipinski definition) is 3. The van der Waals surface area contributed by atoms with E-state index in [-0.39, 0.29) is 11.0 Å². The number of aromatic nitrogens is 1. The first-order valence-corrected chi connectivity index (χ1v) is 8.22. The van der Waals surface area contributed by atoms with Crippen LogP contribution in [0.2, 0.25) is 0 Å². The molecule has 1 aliphatic rings. The van der Waals surface area contributed by atoms with E-state index in [1.54, 1.807) is 0 Å². The van der Waals surface area contributed by atoms with E-state index in [1.165, 1.54) is 36.4 Å². The van der Waals surface area contributed by atoms with Crippen molar-refractivity contribution in [3.63, 3.8) is 0 Å². The summed E-state index contributed by atoms with van der Waals surface area (Å²) in [5.41, 5.74) is 1.88. The van der Waals surface area contributed by atoms with Gasteiger partial charge in [-0.1, -0.05) is 41.0 Å². The summed E-state index contributed by atoms with van der Waals surface area (Å²) in [6, 6.07) is 0. The van der Waals surface area contributed by atoms with Crippen LogP contribution in [0.3, 0.4) is 0 Å². The fourth-order valence-electron chi connectivity index (χ4n) is 3.20. The lowest BCUT2D eigenvalue weighted by Crippen LogP contribution is -2.46. The third kappa shape index (κ3) is 3.03. The minimum atomic E-state index is 0.0932. The highest BCUT2D eigenvalue weighted by Gasteiger charge is 2.42. The van der Waals surface area contributed by atoms with Crippen molar-refractivity contribution in [1.82, 2.24) is 10.3 Å². The average molecular weight is 280 g/mol. The van der Waals surface area contributed by atoms with E-state index in [4.69, 9.17) is 4.98 Å². The Balaban J connectivity index is 2.34. The second kappa shape index (κ2) is 4.85. The molecule has 1 unspecified atom stereocenters. The highest BCUT2D eigenvalue weighted by molar-refractivity contribution is 7.09. The molecule has 0 saturated heterocycles. The topological polar surface area (TPSA) is 24.9 Å². The Morgan fingerprint density at radius 2 is 1.95 bits per heavy atom. The van der Waals surface area contributed by atoms with Crippen molar-refractivity contribution in [2.24, 2.45) is 5.41 Å². The highest BCUT2D eigenvalue weighted by atomic mass is 32.1. The zero-order valence-electron chi connectivity index (χ0n) is 13.3. The van der Waals surface area contributed by atoms with Gasteiger partial charge in [0.1, 0.15) is 5.01 Å². The monoisotopic (exact) mass is 280 g/mol. The van der Waals surface area contributed by atoms with E-state index in [0.717, 1.165) is 0 Å². The van der Waals surface area contributed by atoms with Crippen molar-refractivity contribution in [2.75, 3.05) is 7.05 Å². The summed E-state index contributed by atoms with van der Waals surface area (Å²) in [4.78, 5) is 4.97. The molecule has 19 heavy (non-hydrogen) atoms. The van der Waals surface area contributed by atoms with Crippen LogP contribution in [0.15, 0.2) is 5.38 Å². The Hall–Kier alpha value is -0.410. The van der Waals surface area contributed by atoms with Crippen molar-refractivity contribution < 1.29 is 0 Å². The largest absolute Gasteiger partial charge is 0.308 e. The fraction of sp³-hybridized carbons (Fsp3) is 0.812. The lowest BCUT2D eigenvalue weighted by atomic mass is 9.68. The maximum atomic E-state index is 4.97. The van der Waals surface area contributed by atoms with E-state index in [1.807, 2.05) is 11.3 Å². The predicted molar refractivity (Wildman–Crippen MR) is 83.8 cm³/mol. The third-order valence-corrected chi connectivity index (χ3v) is 5.44. The molecule has 0 bridgehead atoms. The Kier molecular flexibility index (Phi) is 3.83. The Bertz CT molecular complexity index is 442. The molecule has 1 saturated carbocycles. The SMILES string of the molecule is CNC1(c2nc(C(C)(C)C)cs2)CCCC(C)(C)C1. The molecule has 1 aromatic rings. The van der Waals surface area contributed by atoms with Gasteiger partial charge < -0.3 is 5.32 Å². The lowest BCUT2D eigenvalue weighted by molar-refractivity contribution is 0.125. The minimum Gasteiger partial charge on any atom is -0.308 e. The lowest BCUT2D eigenvalue weighted by Gasteiger charge is -2.43. The molecule has 1 N–H and O–H groups in total. The van der Waals surface area contributed by atoms with Crippen molar-refractivity contribution in [3.05, 3.63) is 16.1 Å². The number of hydrogen-bond donors (Lipinski definition) is 1. The normalized spacial score (nSPS) is 27.5. The number of rotatable bonds is 2. The van der Waals surface area contributed by atoms with Gasteiger partial charge in [0.2, 0.25) is 0 Å². The Labute approximate surface area is 122 Å². The molecule has 1 atom stereocenters. The Morgan fingerprint density at radius 3 is 2.42 bits per heavy atom. The van der Waals surface area contributed by atoms with Crippen molar-refractivity contribution in [3.8, 4) is 0 Å². The molecule has 108 valence electrons. The maximum absolute atomic E-state index is 4.97. The molecular weight excluding hydrogens is 252 g/mol. The van der Waals surface area contributed by atoms with Crippen molar-refractivity contribution >= 4 is 11.3 Å². The van der Waals surface area contributed by atoms with Crippen LogP contribution >= 0.6 is 11.3 Å². The average Bonchev–Trinajstić information content (AvgIpc) is 2.76. The molecule has 1 aliphatic carbocycles. The van der Waals surface area contributed by atoms with Crippen LogP contribution in [0.4, 0.5) is 0 Å². The van der Waals surface area contributed by atoms with Crippen LogP contribution in [0, 0.1) is 5.41 Å². The zero-order valence-corrected chi connectivity index (χ0v) is 14.1. The van der Waals surface area contributed by atoms with Gasteiger partial charge in [0.15, 0.2) is 0 Å². The van der Waals surface area contributed by atoms with E-state index in [2.05, 4.69) is 52.4 Å².